The molecule has 2 N–H and O–H groups in total. The van der Waals surface area contributed by atoms with Crippen LogP contribution in [0.4, 0.5) is 0 Å². The third-order valence-electron chi connectivity index (χ3n) is 4.92. The molecule has 0 aliphatic rings. The molecule has 0 atom stereocenters. The second-order valence-electron chi connectivity index (χ2n) is 6.73. The molecule has 3 aromatic carbocycles. The monoisotopic (exact) mass is 400 g/mol. The van der Waals surface area contributed by atoms with Gasteiger partial charge in [0.25, 0.3) is 11.5 Å². The van der Waals surface area contributed by atoms with Crippen molar-refractivity contribution in [3.8, 4) is 5.75 Å². The van der Waals surface area contributed by atoms with E-state index in [1.165, 1.54) is 0 Å². The lowest BCUT2D eigenvalue weighted by Gasteiger charge is -2.08. The second-order valence-corrected chi connectivity index (χ2v) is 6.73. The first-order valence-electron chi connectivity index (χ1n) is 9.53. The van der Waals surface area contributed by atoms with Gasteiger partial charge in [-0.25, -0.2) is 10.5 Å². The van der Waals surface area contributed by atoms with E-state index >= 15 is 0 Å². The average Bonchev–Trinajstić information content (AvgIpc) is 2.79. The van der Waals surface area contributed by atoms with Crippen molar-refractivity contribution >= 4 is 33.2 Å². The van der Waals surface area contributed by atoms with Crippen LogP contribution in [0.15, 0.2) is 70.6 Å². The fourth-order valence-corrected chi connectivity index (χ4v) is 3.34. The zero-order chi connectivity index (χ0) is 21.1. The third kappa shape index (κ3) is 3.65. The highest BCUT2D eigenvalue weighted by atomic mass is 16.5. The van der Waals surface area contributed by atoms with Crippen LogP contribution in [0, 0.1) is 0 Å². The van der Waals surface area contributed by atoms with Gasteiger partial charge < -0.3 is 4.74 Å². The van der Waals surface area contributed by atoms with Gasteiger partial charge in [0.1, 0.15) is 5.75 Å². The molecule has 7 heteroatoms. The number of hydrogen-bond acceptors (Lipinski definition) is 5. The summed E-state index contributed by atoms with van der Waals surface area (Å²) in [6, 6.07) is 18.7. The average molecular weight is 400 g/mol. The van der Waals surface area contributed by atoms with Crippen LogP contribution in [-0.2, 0) is 0 Å². The number of amides is 1. The highest BCUT2D eigenvalue weighted by Crippen LogP contribution is 2.22. The molecule has 1 aromatic heterocycles. The van der Waals surface area contributed by atoms with Gasteiger partial charge in [-0.3, -0.25) is 9.59 Å². The van der Waals surface area contributed by atoms with Crippen LogP contribution >= 0.6 is 0 Å². The fraction of sp³-hybridized carbons (Fsp3) is 0.130. The summed E-state index contributed by atoms with van der Waals surface area (Å²) in [5, 5.41) is 13.6. The largest absolute Gasteiger partial charge is 0.497 e. The Labute approximate surface area is 172 Å². The second kappa shape index (κ2) is 8.16. The minimum absolute atomic E-state index is 0.120. The van der Waals surface area contributed by atoms with Crippen LogP contribution in [0.5, 0.6) is 5.75 Å². The van der Waals surface area contributed by atoms with E-state index in [2.05, 4.69) is 20.7 Å². The van der Waals surface area contributed by atoms with Crippen LogP contribution < -0.4 is 15.7 Å². The SMILES string of the molecule is CC/C(=N/NC(=O)c1n[nH]c(=O)c2ccccc12)c1ccc2cc(OC)ccc2c1. The Kier molecular flexibility index (Phi) is 5.26. The normalized spacial score (nSPS) is 11.6. The summed E-state index contributed by atoms with van der Waals surface area (Å²) >= 11 is 0. The molecule has 0 fully saturated rings. The fourth-order valence-electron chi connectivity index (χ4n) is 3.34. The number of hydrogen-bond donors (Lipinski definition) is 2. The first kappa shape index (κ1) is 19.3. The Balaban J connectivity index is 1.64. The number of nitrogens with zero attached hydrogens (tertiary/aromatic N) is 2. The van der Waals surface area contributed by atoms with Gasteiger partial charge in [-0.2, -0.15) is 10.2 Å². The zero-order valence-electron chi connectivity index (χ0n) is 16.6. The van der Waals surface area contributed by atoms with Crippen molar-refractivity contribution in [1.29, 1.82) is 0 Å². The number of aromatic amines is 1. The Bertz CT molecular complexity index is 1340. The van der Waals surface area contributed by atoms with Gasteiger partial charge in [0, 0.05) is 5.39 Å². The number of aromatic nitrogens is 2. The van der Waals surface area contributed by atoms with Crippen LogP contribution in [0.1, 0.15) is 29.4 Å². The van der Waals surface area contributed by atoms with E-state index in [1.807, 2.05) is 43.3 Å². The van der Waals surface area contributed by atoms with Crippen molar-refractivity contribution in [3.63, 3.8) is 0 Å². The lowest BCUT2D eigenvalue weighted by atomic mass is 10.0. The number of fused-ring (bicyclic) bond motifs is 2. The number of carbonyl (C=O) groups is 1. The maximum atomic E-state index is 12.7. The number of benzene rings is 3. The first-order chi connectivity index (χ1) is 14.6. The molecule has 4 aromatic rings. The zero-order valence-corrected chi connectivity index (χ0v) is 16.6. The summed E-state index contributed by atoms with van der Waals surface area (Å²) < 4.78 is 5.27. The quantitative estimate of drug-likeness (QED) is 0.395. The molecule has 0 aliphatic carbocycles. The maximum absolute atomic E-state index is 12.7. The minimum atomic E-state index is -0.487. The molecule has 0 unspecified atom stereocenters. The molecular formula is C23H20N4O3. The number of H-pyrrole nitrogens is 1. The van der Waals surface area contributed by atoms with E-state index in [-0.39, 0.29) is 11.3 Å². The highest BCUT2D eigenvalue weighted by molar-refractivity contribution is 6.07. The van der Waals surface area contributed by atoms with E-state index < -0.39 is 5.91 Å². The standard InChI is InChI=1S/C23H20N4O3/c1-3-20(16-9-8-15-13-17(30-2)11-10-14(15)12-16)24-27-23(29)21-18-6-4-5-7-19(18)22(28)26-25-21/h4-13H,3H2,1-2H3,(H,26,28)(H,27,29)/b24-20-. The van der Waals surface area contributed by atoms with Gasteiger partial charge in [-0.15, -0.1) is 0 Å². The molecule has 0 bridgehead atoms. The number of hydrazone groups is 1. The highest BCUT2D eigenvalue weighted by Gasteiger charge is 2.14. The summed E-state index contributed by atoms with van der Waals surface area (Å²) in [6.07, 6.45) is 0.627. The number of nitrogens with one attached hydrogen (secondary N) is 2. The molecule has 30 heavy (non-hydrogen) atoms. The van der Waals surface area contributed by atoms with Gasteiger partial charge in [0.2, 0.25) is 0 Å². The summed E-state index contributed by atoms with van der Waals surface area (Å²) in [6.45, 7) is 1.97. The Morgan fingerprint density at radius 2 is 1.80 bits per heavy atom. The molecule has 1 heterocycles. The Morgan fingerprint density at radius 3 is 2.57 bits per heavy atom. The minimum Gasteiger partial charge on any atom is -0.497 e. The number of carbonyl (C=O) groups excluding carboxylic acids is 1. The molecule has 150 valence electrons. The third-order valence-corrected chi connectivity index (χ3v) is 4.92. The first-order valence-corrected chi connectivity index (χ1v) is 9.53. The number of rotatable bonds is 5. The van der Waals surface area contributed by atoms with Gasteiger partial charge in [0.15, 0.2) is 5.69 Å². The lowest BCUT2D eigenvalue weighted by molar-refractivity contribution is 0.0950. The summed E-state index contributed by atoms with van der Waals surface area (Å²) in [7, 11) is 1.64. The van der Waals surface area contributed by atoms with Crippen LogP contribution in [-0.4, -0.2) is 28.9 Å². The van der Waals surface area contributed by atoms with Gasteiger partial charge in [-0.05, 0) is 47.0 Å². The van der Waals surface area contributed by atoms with E-state index in [1.54, 1.807) is 31.4 Å². The molecule has 7 nitrogen and oxygen atoms in total. The van der Waals surface area contributed by atoms with Crippen molar-refractivity contribution in [2.24, 2.45) is 5.10 Å². The lowest BCUT2D eigenvalue weighted by Crippen LogP contribution is -2.24. The van der Waals surface area contributed by atoms with Gasteiger partial charge in [0.05, 0.1) is 18.2 Å². The van der Waals surface area contributed by atoms with Crippen molar-refractivity contribution < 1.29 is 9.53 Å². The number of ether oxygens (including phenoxy) is 1. The molecule has 1 amide bonds. The predicted octanol–water partition coefficient (Wildman–Crippen LogP) is 3.63. The van der Waals surface area contributed by atoms with Gasteiger partial charge in [-0.1, -0.05) is 43.3 Å². The molecule has 0 radical (unpaired) electrons. The molecule has 0 saturated carbocycles. The molecule has 4 rings (SSSR count). The van der Waals surface area contributed by atoms with E-state index in [0.29, 0.717) is 17.2 Å². The predicted molar refractivity (Wildman–Crippen MR) is 117 cm³/mol. The van der Waals surface area contributed by atoms with Crippen molar-refractivity contribution in [1.82, 2.24) is 15.6 Å². The summed E-state index contributed by atoms with van der Waals surface area (Å²) in [5.41, 5.74) is 3.99. The van der Waals surface area contributed by atoms with Crippen LogP contribution in [0.25, 0.3) is 21.5 Å². The Morgan fingerprint density at radius 1 is 1.07 bits per heavy atom. The topological polar surface area (TPSA) is 96.4 Å². The smallest absolute Gasteiger partial charge is 0.292 e. The summed E-state index contributed by atoms with van der Waals surface area (Å²) in [5.74, 6) is 0.312. The van der Waals surface area contributed by atoms with E-state index in [9.17, 15) is 9.59 Å². The van der Waals surface area contributed by atoms with Crippen molar-refractivity contribution in [3.05, 3.63) is 82.3 Å². The van der Waals surface area contributed by atoms with Crippen LogP contribution in [0.3, 0.4) is 0 Å². The van der Waals surface area contributed by atoms with Crippen molar-refractivity contribution in [2.75, 3.05) is 7.11 Å². The molecule has 0 spiro atoms. The van der Waals surface area contributed by atoms with Gasteiger partial charge >= 0.3 is 0 Å². The summed E-state index contributed by atoms with van der Waals surface area (Å²) in [4.78, 5) is 24.6. The molecular weight excluding hydrogens is 380 g/mol. The maximum Gasteiger partial charge on any atom is 0.292 e. The molecule has 0 aliphatic heterocycles. The van der Waals surface area contributed by atoms with Crippen LogP contribution in [0.2, 0.25) is 0 Å². The van der Waals surface area contributed by atoms with E-state index in [4.69, 9.17) is 4.74 Å². The number of methoxy groups -OCH3 is 1. The van der Waals surface area contributed by atoms with E-state index in [0.717, 1.165) is 27.8 Å². The molecule has 0 saturated heterocycles. The van der Waals surface area contributed by atoms with Crippen molar-refractivity contribution in [2.45, 2.75) is 13.3 Å². The Hall–Kier alpha value is -4.00.